The van der Waals surface area contributed by atoms with E-state index in [-0.39, 0.29) is 0 Å². The molecule has 0 fully saturated rings. The number of rotatable bonds is 8. The minimum atomic E-state index is -3.06. The zero-order valence-corrected chi connectivity index (χ0v) is 11.7. The van der Waals surface area contributed by atoms with Gasteiger partial charge in [0.15, 0.2) is 0 Å². The molecule has 0 amide bonds. The lowest BCUT2D eigenvalue weighted by Crippen LogP contribution is -2.32. The van der Waals surface area contributed by atoms with Gasteiger partial charge in [-0.15, -0.1) is 5.10 Å². The van der Waals surface area contributed by atoms with Crippen LogP contribution in [-0.4, -0.2) is 48.2 Å². The molecular formula is C9H18N4O2S2. The van der Waals surface area contributed by atoms with E-state index in [1.54, 1.807) is 0 Å². The zero-order chi connectivity index (χ0) is 12.7. The van der Waals surface area contributed by atoms with Crippen LogP contribution in [0.5, 0.6) is 0 Å². The third kappa shape index (κ3) is 5.53. The molecule has 0 aliphatic heterocycles. The summed E-state index contributed by atoms with van der Waals surface area (Å²) in [6, 6.07) is 0. The third-order valence-electron chi connectivity index (χ3n) is 2.29. The normalized spacial score (nSPS) is 12.2. The Labute approximate surface area is 106 Å². The van der Waals surface area contributed by atoms with E-state index in [1.807, 2.05) is 12.3 Å². The van der Waals surface area contributed by atoms with Crippen molar-refractivity contribution in [3.63, 3.8) is 0 Å². The lowest BCUT2D eigenvalue weighted by Gasteiger charge is -2.17. The fraction of sp³-hybridized carbons (Fsp3) is 0.778. The van der Waals surface area contributed by atoms with Crippen molar-refractivity contribution >= 4 is 21.6 Å². The lowest BCUT2D eigenvalue weighted by molar-refractivity contribution is 0.419. The molecule has 98 valence electrons. The Hall–Kier alpha value is -0.570. The molecule has 17 heavy (non-hydrogen) atoms. The molecule has 0 aliphatic rings. The van der Waals surface area contributed by atoms with Crippen LogP contribution in [0.4, 0.5) is 0 Å². The molecule has 0 spiro atoms. The van der Waals surface area contributed by atoms with Gasteiger partial charge in [0, 0.05) is 25.0 Å². The van der Waals surface area contributed by atoms with Gasteiger partial charge in [-0.25, -0.2) is 12.7 Å². The van der Waals surface area contributed by atoms with Crippen molar-refractivity contribution < 1.29 is 8.42 Å². The van der Waals surface area contributed by atoms with Crippen molar-refractivity contribution in [3.8, 4) is 0 Å². The second kappa shape index (κ2) is 7.00. The van der Waals surface area contributed by atoms with Crippen LogP contribution in [0.3, 0.4) is 0 Å². The van der Waals surface area contributed by atoms with Crippen molar-refractivity contribution in [1.82, 2.24) is 19.2 Å². The van der Waals surface area contributed by atoms with Crippen LogP contribution in [0, 0.1) is 0 Å². The quantitative estimate of drug-likeness (QED) is 0.692. The number of sulfonamides is 1. The lowest BCUT2D eigenvalue weighted by atomic mass is 10.4. The van der Waals surface area contributed by atoms with Crippen LogP contribution < -0.4 is 5.32 Å². The summed E-state index contributed by atoms with van der Waals surface area (Å²) in [5.41, 5.74) is 0.922. The molecule has 0 saturated carbocycles. The van der Waals surface area contributed by atoms with Crippen molar-refractivity contribution in [1.29, 1.82) is 0 Å². The first-order chi connectivity index (χ1) is 8.04. The van der Waals surface area contributed by atoms with Gasteiger partial charge in [-0.1, -0.05) is 11.4 Å². The number of aromatic nitrogens is 2. The smallest absolute Gasteiger partial charge is 0.211 e. The summed E-state index contributed by atoms with van der Waals surface area (Å²) in [5, 5.41) is 9.00. The molecule has 1 N–H and O–H groups in total. The highest BCUT2D eigenvalue weighted by Crippen LogP contribution is 1.99. The molecule has 0 radical (unpaired) electrons. The first-order valence-electron chi connectivity index (χ1n) is 5.45. The van der Waals surface area contributed by atoms with Gasteiger partial charge < -0.3 is 5.32 Å². The number of hydrogen-bond acceptors (Lipinski definition) is 6. The second-order valence-electron chi connectivity index (χ2n) is 3.68. The predicted molar refractivity (Wildman–Crippen MR) is 68.3 cm³/mol. The number of nitrogens with zero attached hydrogens (tertiary/aromatic N) is 3. The topological polar surface area (TPSA) is 75.2 Å². The summed E-state index contributed by atoms with van der Waals surface area (Å²) in [6.07, 6.45) is 2.03. The summed E-state index contributed by atoms with van der Waals surface area (Å²) in [6.45, 7) is 4.37. The van der Waals surface area contributed by atoms with E-state index in [0.29, 0.717) is 19.6 Å². The Morgan fingerprint density at radius 2 is 2.29 bits per heavy atom. The third-order valence-corrected chi connectivity index (χ3v) is 4.23. The summed E-state index contributed by atoms with van der Waals surface area (Å²) in [4.78, 5) is 0. The van der Waals surface area contributed by atoms with E-state index in [2.05, 4.69) is 14.9 Å². The molecular weight excluding hydrogens is 260 g/mol. The highest BCUT2D eigenvalue weighted by molar-refractivity contribution is 7.88. The summed E-state index contributed by atoms with van der Waals surface area (Å²) in [7, 11) is -3.06. The average molecular weight is 278 g/mol. The summed E-state index contributed by atoms with van der Waals surface area (Å²) < 4.78 is 27.8. The average Bonchev–Trinajstić information content (AvgIpc) is 2.74. The van der Waals surface area contributed by atoms with Gasteiger partial charge in [-0.2, -0.15) is 0 Å². The number of hydrogen-bond donors (Lipinski definition) is 1. The summed E-state index contributed by atoms with van der Waals surface area (Å²) in [5.74, 6) is 0. The van der Waals surface area contributed by atoms with Gasteiger partial charge in [0.1, 0.15) is 0 Å². The van der Waals surface area contributed by atoms with E-state index < -0.39 is 10.0 Å². The van der Waals surface area contributed by atoms with E-state index in [1.165, 1.54) is 22.1 Å². The zero-order valence-electron chi connectivity index (χ0n) is 10.1. The maximum absolute atomic E-state index is 11.3. The van der Waals surface area contributed by atoms with Crippen molar-refractivity contribution in [3.05, 3.63) is 11.1 Å². The number of nitrogens with one attached hydrogen (secondary N) is 1. The van der Waals surface area contributed by atoms with E-state index >= 15 is 0 Å². The van der Waals surface area contributed by atoms with E-state index in [9.17, 15) is 8.42 Å². The molecule has 0 saturated heterocycles. The summed E-state index contributed by atoms with van der Waals surface area (Å²) >= 11 is 1.33. The fourth-order valence-electron chi connectivity index (χ4n) is 1.42. The minimum Gasteiger partial charge on any atom is -0.311 e. The van der Waals surface area contributed by atoms with Crippen LogP contribution in [0.25, 0.3) is 0 Å². The molecule has 0 aromatic carbocycles. The van der Waals surface area contributed by atoms with Crippen molar-refractivity contribution in [2.45, 2.75) is 19.9 Å². The Morgan fingerprint density at radius 3 is 2.82 bits per heavy atom. The Morgan fingerprint density at radius 1 is 1.53 bits per heavy atom. The monoisotopic (exact) mass is 278 g/mol. The molecule has 0 unspecified atom stereocenters. The predicted octanol–water partition coefficient (Wildman–Crippen LogP) is 0.299. The van der Waals surface area contributed by atoms with Crippen molar-refractivity contribution in [2.24, 2.45) is 0 Å². The van der Waals surface area contributed by atoms with Gasteiger partial charge in [0.05, 0.1) is 11.9 Å². The largest absolute Gasteiger partial charge is 0.311 e. The van der Waals surface area contributed by atoms with Crippen LogP contribution in [0.1, 0.15) is 19.0 Å². The van der Waals surface area contributed by atoms with Crippen molar-refractivity contribution in [2.75, 3.05) is 25.9 Å². The van der Waals surface area contributed by atoms with Gasteiger partial charge in [-0.3, -0.25) is 0 Å². The van der Waals surface area contributed by atoms with Crippen LogP contribution in [0.15, 0.2) is 5.38 Å². The van der Waals surface area contributed by atoms with E-state index in [0.717, 1.165) is 18.7 Å². The van der Waals surface area contributed by atoms with Crippen LogP contribution in [-0.2, 0) is 16.6 Å². The Bertz CT molecular complexity index is 405. The molecule has 0 aliphatic carbocycles. The Balaban J connectivity index is 2.15. The molecule has 6 nitrogen and oxygen atoms in total. The van der Waals surface area contributed by atoms with Crippen LogP contribution in [0.2, 0.25) is 0 Å². The fourth-order valence-corrected chi connectivity index (χ4v) is 2.80. The highest BCUT2D eigenvalue weighted by atomic mass is 32.2. The molecule has 1 heterocycles. The minimum absolute atomic E-state index is 0.523. The van der Waals surface area contributed by atoms with Gasteiger partial charge in [-0.05, 0) is 24.5 Å². The second-order valence-corrected chi connectivity index (χ2v) is 6.27. The standard InChI is InChI=1S/C9H18N4O2S2/c1-3-13(17(2,14)15)6-4-5-10-7-9-8-16-12-11-9/h8,10H,3-7H2,1-2H3. The van der Waals surface area contributed by atoms with E-state index in [4.69, 9.17) is 0 Å². The molecule has 1 aromatic heterocycles. The Kier molecular flexibility index (Phi) is 5.96. The highest BCUT2D eigenvalue weighted by Gasteiger charge is 2.12. The SMILES string of the molecule is CCN(CCCNCc1csnn1)S(C)(=O)=O. The molecule has 0 bridgehead atoms. The van der Waals surface area contributed by atoms with Gasteiger partial charge in [0.25, 0.3) is 0 Å². The van der Waals surface area contributed by atoms with Gasteiger partial charge in [0.2, 0.25) is 10.0 Å². The molecule has 1 aromatic rings. The molecule has 0 atom stereocenters. The van der Waals surface area contributed by atoms with Gasteiger partial charge >= 0.3 is 0 Å². The molecule has 1 rings (SSSR count). The maximum Gasteiger partial charge on any atom is 0.211 e. The first-order valence-corrected chi connectivity index (χ1v) is 8.14. The van der Waals surface area contributed by atoms with Crippen LogP contribution >= 0.6 is 11.5 Å². The molecule has 8 heteroatoms. The maximum atomic E-state index is 11.3. The first kappa shape index (κ1) is 14.5.